The maximum absolute atomic E-state index is 10.6. The Labute approximate surface area is 67.3 Å². The van der Waals surface area contributed by atoms with Gasteiger partial charge < -0.3 is 0 Å². The molecule has 0 amide bonds. The Kier molecular flexibility index (Phi) is 3.02. The topological polar surface area (TPSA) is 70.0 Å². The third kappa shape index (κ3) is 5.83. The van der Waals surface area contributed by atoms with Crippen molar-refractivity contribution in [3.05, 3.63) is 0 Å². The minimum absolute atomic E-state index is 0.155. The molecule has 0 aromatic rings. The molecule has 11 heavy (non-hydrogen) atoms. The van der Waals surface area contributed by atoms with Crippen molar-refractivity contribution >= 4 is 10.0 Å². The van der Waals surface area contributed by atoms with Gasteiger partial charge in [0.1, 0.15) is 0 Å². The fraction of sp³-hybridized carbons (Fsp3) is 0.833. The van der Waals surface area contributed by atoms with Crippen molar-refractivity contribution in [2.75, 3.05) is 12.8 Å². The van der Waals surface area contributed by atoms with Crippen molar-refractivity contribution in [2.24, 2.45) is 5.41 Å². The predicted octanol–water partition coefficient (Wildman–Crippen LogP) is 0.0854. The van der Waals surface area contributed by atoms with Crippen LogP contribution in [-0.4, -0.2) is 21.2 Å². The van der Waals surface area contributed by atoms with Crippen molar-refractivity contribution in [1.29, 1.82) is 5.26 Å². The molecular formula is C6H12N2O2S. The van der Waals surface area contributed by atoms with Crippen LogP contribution in [0.25, 0.3) is 0 Å². The molecule has 0 fully saturated rings. The van der Waals surface area contributed by atoms with Gasteiger partial charge in [0.2, 0.25) is 10.0 Å². The summed E-state index contributed by atoms with van der Waals surface area (Å²) in [7, 11) is -3.17. The van der Waals surface area contributed by atoms with E-state index in [-0.39, 0.29) is 6.54 Å². The molecule has 0 radical (unpaired) electrons. The van der Waals surface area contributed by atoms with E-state index in [0.29, 0.717) is 0 Å². The lowest BCUT2D eigenvalue weighted by molar-refractivity contribution is 0.480. The summed E-state index contributed by atoms with van der Waals surface area (Å²) in [6.45, 7) is 3.50. The van der Waals surface area contributed by atoms with Gasteiger partial charge in [0.25, 0.3) is 0 Å². The molecule has 4 nitrogen and oxygen atoms in total. The average Bonchev–Trinajstić information content (AvgIpc) is 1.83. The second-order valence-corrected chi connectivity index (χ2v) is 4.92. The molecular weight excluding hydrogens is 164 g/mol. The minimum atomic E-state index is -3.17. The van der Waals surface area contributed by atoms with Crippen molar-refractivity contribution in [3.8, 4) is 6.07 Å². The number of sulfonamides is 1. The third-order valence-electron chi connectivity index (χ3n) is 1.08. The summed E-state index contributed by atoms with van der Waals surface area (Å²) in [4.78, 5) is 0. The first-order valence-electron chi connectivity index (χ1n) is 3.13. The minimum Gasteiger partial charge on any atom is -0.214 e. The van der Waals surface area contributed by atoms with Gasteiger partial charge in [-0.2, -0.15) is 5.26 Å². The molecule has 0 unspecified atom stereocenters. The molecule has 0 rings (SSSR count). The highest BCUT2D eigenvalue weighted by Gasteiger charge is 2.17. The molecule has 0 heterocycles. The van der Waals surface area contributed by atoms with Gasteiger partial charge in [-0.1, -0.05) is 0 Å². The summed E-state index contributed by atoms with van der Waals surface area (Å²) >= 11 is 0. The Morgan fingerprint density at radius 1 is 1.55 bits per heavy atom. The molecule has 0 bridgehead atoms. The molecule has 64 valence electrons. The number of rotatable bonds is 3. The standard InChI is InChI=1S/C6H12N2O2S/c1-6(2,4-7)5-8-11(3,9)10/h8H,5H2,1-3H3. The second-order valence-electron chi connectivity index (χ2n) is 3.09. The Morgan fingerprint density at radius 3 is 2.27 bits per heavy atom. The summed E-state index contributed by atoms with van der Waals surface area (Å²) in [5.41, 5.74) is -0.636. The zero-order chi connectivity index (χ0) is 9.12. The number of hydrogen-bond acceptors (Lipinski definition) is 3. The number of hydrogen-bond donors (Lipinski definition) is 1. The highest BCUT2D eigenvalue weighted by molar-refractivity contribution is 7.88. The molecule has 0 aliphatic carbocycles. The first-order valence-corrected chi connectivity index (χ1v) is 5.02. The van der Waals surface area contributed by atoms with E-state index in [1.807, 2.05) is 6.07 Å². The highest BCUT2D eigenvalue weighted by Crippen LogP contribution is 2.10. The molecule has 0 saturated carbocycles. The van der Waals surface area contributed by atoms with Crippen LogP contribution in [0, 0.1) is 16.7 Å². The molecule has 1 N–H and O–H groups in total. The van der Waals surface area contributed by atoms with E-state index < -0.39 is 15.4 Å². The van der Waals surface area contributed by atoms with Gasteiger partial charge in [-0.3, -0.25) is 0 Å². The zero-order valence-corrected chi connectivity index (χ0v) is 7.70. The number of nitrogens with zero attached hydrogens (tertiary/aromatic N) is 1. The van der Waals surface area contributed by atoms with E-state index in [2.05, 4.69) is 4.72 Å². The Hall–Kier alpha value is -0.600. The molecule has 0 aliphatic rings. The van der Waals surface area contributed by atoms with Crippen molar-refractivity contribution in [3.63, 3.8) is 0 Å². The Morgan fingerprint density at radius 2 is 2.00 bits per heavy atom. The van der Waals surface area contributed by atoms with Crippen molar-refractivity contribution in [1.82, 2.24) is 4.72 Å². The largest absolute Gasteiger partial charge is 0.214 e. The van der Waals surface area contributed by atoms with E-state index in [1.54, 1.807) is 13.8 Å². The van der Waals surface area contributed by atoms with Crippen LogP contribution in [0.3, 0.4) is 0 Å². The van der Waals surface area contributed by atoms with Gasteiger partial charge in [0, 0.05) is 6.54 Å². The lowest BCUT2D eigenvalue weighted by Gasteiger charge is -2.14. The van der Waals surface area contributed by atoms with Crippen LogP contribution in [-0.2, 0) is 10.0 Å². The monoisotopic (exact) mass is 176 g/mol. The average molecular weight is 176 g/mol. The number of nitriles is 1. The maximum Gasteiger partial charge on any atom is 0.208 e. The fourth-order valence-electron chi connectivity index (χ4n) is 0.351. The van der Waals surface area contributed by atoms with Crippen LogP contribution in [0.4, 0.5) is 0 Å². The summed E-state index contributed by atoms with van der Waals surface area (Å²) in [6.07, 6.45) is 1.07. The third-order valence-corrected chi connectivity index (χ3v) is 1.75. The van der Waals surface area contributed by atoms with Gasteiger partial charge in [0.05, 0.1) is 17.7 Å². The van der Waals surface area contributed by atoms with E-state index in [0.717, 1.165) is 6.26 Å². The molecule has 0 spiro atoms. The molecule has 0 aromatic heterocycles. The van der Waals surface area contributed by atoms with E-state index in [9.17, 15) is 8.42 Å². The molecule has 0 atom stereocenters. The summed E-state index contributed by atoms with van der Waals surface area (Å²) in [5, 5.41) is 8.51. The summed E-state index contributed by atoms with van der Waals surface area (Å²) < 4.78 is 23.4. The second kappa shape index (κ2) is 3.20. The van der Waals surface area contributed by atoms with Crippen LogP contribution in [0.5, 0.6) is 0 Å². The van der Waals surface area contributed by atoms with Crippen LogP contribution < -0.4 is 4.72 Å². The van der Waals surface area contributed by atoms with Crippen molar-refractivity contribution in [2.45, 2.75) is 13.8 Å². The summed E-state index contributed by atoms with van der Waals surface area (Å²) in [5.74, 6) is 0. The Balaban J connectivity index is 4.03. The number of nitrogens with one attached hydrogen (secondary N) is 1. The normalized spacial score (nSPS) is 12.5. The first kappa shape index (κ1) is 10.4. The molecule has 0 saturated heterocycles. The van der Waals surface area contributed by atoms with Gasteiger partial charge in [-0.05, 0) is 13.8 Å². The van der Waals surface area contributed by atoms with Crippen molar-refractivity contribution < 1.29 is 8.42 Å². The van der Waals surface area contributed by atoms with Crippen LogP contribution in [0.15, 0.2) is 0 Å². The van der Waals surface area contributed by atoms with Gasteiger partial charge >= 0.3 is 0 Å². The zero-order valence-electron chi connectivity index (χ0n) is 6.88. The predicted molar refractivity (Wildman–Crippen MR) is 42.2 cm³/mol. The van der Waals surface area contributed by atoms with Gasteiger partial charge in [-0.25, -0.2) is 13.1 Å². The van der Waals surface area contributed by atoms with Gasteiger partial charge in [-0.15, -0.1) is 0 Å². The Bertz CT molecular complexity index is 261. The lowest BCUT2D eigenvalue weighted by Crippen LogP contribution is -2.32. The fourth-order valence-corrected chi connectivity index (χ4v) is 0.974. The quantitative estimate of drug-likeness (QED) is 0.662. The van der Waals surface area contributed by atoms with Crippen LogP contribution in [0.1, 0.15) is 13.8 Å². The first-order chi connectivity index (χ1) is 4.77. The smallest absolute Gasteiger partial charge is 0.208 e. The van der Waals surface area contributed by atoms with E-state index in [1.165, 1.54) is 0 Å². The maximum atomic E-state index is 10.6. The SMILES string of the molecule is CC(C)(C#N)CNS(C)(=O)=O. The molecule has 0 aromatic carbocycles. The highest BCUT2D eigenvalue weighted by atomic mass is 32.2. The lowest BCUT2D eigenvalue weighted by atomic mass is 9.97. The molecule has 0 aliphatic heterocycles. The summed E-state index contributed by atoms with van der Waals surface area (Å²) in [6, 6.07) is 1.99. The van der Waals surface area contributed by atoms with Crippen LogP contribution in [0.2, 0.25) is 0 Å². The van der Waals surface area contributed by atoms with Gasteiger partial charge in [0.15, 0.2) is 0 Å². The van der Waals surface area contributed by atoms with E-state index >= 15 is 0 Å². The van der Waals surface area contributed by atoms with E-state index in [4.69, 9.17) is 5.26 Å². The molecule has 5 heteroatoms. The van der Waals surface area contributed by atoms with Crippen LogP contribution >= 0.6 is 0 Å².